The van der Waals surface area contributed by atoms with Crippen molar-refractivity contribution in [2.45, 2.75) is 20.4 Å². The van der Waals surface area contributed by atoms with Gasteiger partial charge in [0.05, 0.1) is 19.2 Å². The van der Waals surface area contributed by atoms with Gasteiger partial charge in [-0.3, -0.25) is 0 Å². The Morgan fingerprint density at radius 3 is 2.62 bits per heavy atom. The van der Waals surface area contributed by atoms with Gasteiger partial charge in [-0.25, -0.2) is 4.79 Å². The first-order valence-electron chi connectivity index (χ1n) is 7.96. The van der Waals surface area contributed by atoms with Crippen LogP contribution in [-0.2, 0) is 11.3 Å². The van der Waals surface area contributed by atoms with Gasteiger partial charge in [0.2, 0.25) is 0 Å². The van der Waals surface area contributed by atoms with E-state index < -0.39 is 0 Å². The number of rotatable bonds is 5. The summed E-state index contributed by atoms with van der Waals surface area (Å²) in [6.45, 7) is 5.34. The molecule has 1 aromatic heterocycles. The van der Waals surface area contributed by atoms with E-state index in [4.69, 9.17) is 9.47 Å². The van der Waals surface area contributed by atoms with Gasteiger partial charge < -0.3 is 14.0 Å². The summed E-state index contributed by atoms with van der Waals surface area (Å²) >= 11 is 0. The highest BCUT2D eigenvalue weighted by Gasteiger charge is 2.14. The van der Waals surface area contributed by atoms with Crippen LogP contribution in [0.3, 0.4) is 0 Å². The van der Waals surface area contributed by atoms with Gasteiger partial charge in [-0.05, 0) is 43.2 Å². The molecule has 3 rings (SSSR count). The largest absolute Gasteiger partial charge is 0.492 e. The number of benzene rings is 2. The molecule has 0 amide bonds. The minimum absolute atomic E-state index is 0.319. The highest BCUT2D eigenvalue weighted by Crippen LogP contribution is 2.22. The van der Waals surface area contributed by atoms with Crippen LogP contribution in [0.4, 0.5) is 0 Å². The lowest BCUT2D eigenvalue weighted by Crippen LogP contribution is -2.07. The van der Waals surface area contributed by atoms with Crippen molar-refractivity contribution in [2.24, 2.45) is 0 Å². The third-order valence-corrected chi connectivity index (χ3v) is 4.27. The number of esters is 1. The van der Waals surface area contributed by atoms with Gasteiger partial charge in [0.1, 0.15) is 12.4 Å². The van der Waals surface area contributed by atoms with Crippen LogP contribution in [0.1, 0.15) is 21.5 Å². The molecule has 24 heavy (non-hydrogen) atoms. The number of aryl methyl sites for hydroxylation is 2. The Morgan fingerprint density at radius 1 is 1.08 bits per heavy atom. The minimum atomic E-state index is -0.319. The molecule has 0 bridgehead atoms. The lowest BCUT2D eigenvalue weighted by molar-refractivity contribution is 0.0602. The fourth-order valence-corrected chi connectivity index (χ4v) is 2.77. The number of carbonyl (C=O) groups excluding carboxylic acids is 1. The van der Waals surface area contributed by atoms with Crippen LogP contribution in [0.2, 0.25) is 0 Å². The maximum atomic E-state index is 11.9. The molecule has 0 spiro atoms. The second-order valence-corrected chi connectivity index (χ2v) is 5.84. The average Bonchev–Trinajstić information content (AvgIpc) is 2.96. The molecule has 0 fully saturated rings. The normalized spacial score (nSPS) is 10.8. The maximum absolute atomic E-state index is 11.9. The molecule has 4 nitrogen and oxygen atoms in total. The summed E-state index contributed by atoms with van der Waals surface area (Å²) in [5.74, 6) is 0.544. The quantitative estimate of drug-likeness (QED) is 0.663. The number of hydrogen-bond donors (Lipinski definition) is 0. The lowest BCUT2D eigenvalue weighted by atomic mass is 10.1. The minimum Gasteiger partial charge on any atom is -0.492 e. The van der Waals surface area contributed by atoms with Crippen molar-refractivity contribution in [1.82, 2.24) is 4.57 Å². The van der Waals surface area contributed by atoms with Gasteiger partial charge in [-0.1, -0.05) is 24.3 Å². The number of para-hydroxylation sites is 1. The van der Waals surface area contributed by atoms with Crippen LogP contribution >= 0.6 is 0 Å². The van der Waals surface area contributed by atoms with Crippen molar-refractivity contribution in [3.8, 4) is 5.75 Å². The number of hydrogen-bond acceptors (Lipinski definition) is 3. The number of fused-ring (bicyclic) bond motifs is 1. The van der Waals surface area contributed by atoms with Gasteiger partial charge in [0.15, 0.2) is 0 Å². The lowest BCUT2D eigenvalue weighted by Gasteiger charge is -2.10. The predicted molar refractivity (Wildman–Crippen MR) is 94.7 cm³/mol. The fraction of sp³-hybridized carbons (Fsp3) is 0.250. The Hall–Kier alpha value is -2.75. The molecule has 124 valence electrons. The molecule has 0 aliphatic heterocycles. The highest BCUT2D eigenvalue weighted by molar-refractivity contribution is 6.04. The molecule has 0 aliphatic rings. The second-order valence-electron chi connectivity index (χ2n) is 5.84. The number of ether oxygens (including phenoxy) is 2. The standard InChI is InChI=1S/C20H21NO3/c1-14-8-9-16(12-15(14)2)24-11-10-21-13-18(20(22)23-3)17-6-4-5-7-19(17)21/h4-9,12-13H,10-11H2,1-3H3. The molecule has 0 saturated heterocycles. The van der Waals surface area contributed by atoms with E-state index in [1.807, 2.05) is 47.2 Å². The van der Waals surface area contributed by atoms with Crippen LogP contribution in [0.5, 0.6) is 5.75 Å². The Labute approximate surface area is 141 Å². The van der Waals surface area contributed by atoms with Crippen LogP contribution in [-0.4, -0.2) is 24.3 Å². The van der Waals surface area contributed by atoms with E-state index in [9.17, 15) is 4.79 Å². The number of carbonyl (C=O) groups is 1. The molecular formula is C20H21NO3. The molecular weight excluding hydrogens is 302 g/mol. The van der Waals surface area contributed by atoms with E-state index in [0.29, 0.717) is 18.7 Å². The molecule has 4 heteroatoms. The first-order chi connectivity index (χ1) is 11.6. The summed E-state index contributed by atoms with van der Waals surface area (Å²) in [6, 6.07) is 13.9. The van der Waals surface area contributed by atoms with E-state index >= 15 is 0 Å². The molecule has 0 radical (unpaired) electrons. The average molecular weight is 323 g/mol. The Balaban J connectivity index is 1.77. The maximum Gasteiger partial charge on any atom is 0.340 e. The van der Waals surface area contributed by atoms with Crippen molar-refractivity contribution < 1.29 is 14.3 Å². The van der Waals surface area contributed by atoms with E-state index in [1.54, 1.807) is 0 Å². The van der Waals surface area contributed by atoms with E-state index in [2.05, 4.69) is 19.9 Å². The SMILES string of the molecule is COC(=O)c1cn(CCOc2ccc(C)c(C)c2)c2ccccc12. The Kier molecular flexibility index (Phi) is 4.56. The summed E-state index contributed by atoms with van der Waals surface area (Å²) < 4.78 is 12.8. The van der Waals surface area contributed by atoms with Crippen LogP contribution in [0.25, 0.3) is 10.9 Å². The van der Waals surface area contributed by atoms with Gasteiger partial charge in [-0.15, -0.1) is 0 Å². The molecule has 3 aromatic rings. The van der Waals surface area contributed by atoms with Crippen LogP contribution < -0.4 is 4.74 Å². The molecule has 0 atom stereocenters. The molecule has 0 unspecified atom stereocenters. The zero-order valence-electron chi connectivity index (χ0n) is 14.2. The topological polar surface area (TPSA) is 40.5 Å². The summed E-state index contributed by atoms with van der Waals surface area (Å²) in [7, 11) is 1.40. The predicted octanol–water partition coefficient (Wildman–Crippen LogP) is 4.12. The van der Waals surface area contributed by atoms with E-state index in [0.717, 1.165) is 16.7 Å². The fourth-order valence-electron chi connectivity index (χ4n) is 2.77. The molecule has 0 N–H and O–H groups in total. The van der Waals surface area contributed by atoms with Crippen molar-refractivity contribution in [3.63, 3.8) is 0 Å². The number of nitrogens with zero attached hydrogens (tertiary/aromatic N) is 1. The van der Waals surface area contributed by atoms with E-state index in [1.165, 1.54) is 18.2 Å². The highest BCUT2D eigenvalue weighted by atomic mass is 16.5. The Morgan fingerprint density at radius 2 is 1.88 bits per heavy atom. The molecule has 2 aromatic carbocycles. The summed E-state index contributed by atoms with van der Waals surface area (Å²) in [5, 5.41) is 0.899. The number of aromatic nitrogens is 1. The third kappa shape index (κ3) is 3.13. The molecule has 0 aliphatic carbocycles. The monoisotopic (exact) mass is 323 g/mol. The van der Waals surface area contributed by atoms with Crippen molar-refractivity contribution in [1.29, 1.82) is 0 Å². The van der Waals surface area contributed by atoms with Crippen LogP contribution in [0.15, 0.2) is 48.7 Å². The van der Waals surface area contributed by atoms with Gasteiger partial charge in [-0.2, -0.15) is 0 Å². The van der Waals surface area contributed by atoms with Crippen molar-refractivity contribution >= 4 is 16.9 Å². The first-order valence-corrected chi connectivity index (χ1v) is 7.96. The smallest absolute Gasteiger partial charge is 0.340 e. The molecule has 0 saturated carbocycles. The van der Waals surface area contributed by atoms with Gasteiger partial charge >= 0.3 is 5.97 Å². The summed E-state index contributed by atoms with van der Waals surface area (Å²) in [5.41, 5.74) is 4.05. The Bertz CT molecular complexity index is 880. The van der Waals surface area contributed by atoms with Gasteiger partial charge in [0.25, 0.3) is 0 Å². The summed E-state index contributed by atoms with van der Waals surface area (Å²) in [4.78, 5) is 11.9. The van der Waals surface area contributed by atoms with Crippen molar-refractivity contribution in [2.75, 3.05) is 13.7 Å². The number of methoxy groups -OCH3 is 1. The van der Waals surface area contributed by atoms with Crippen LogP contribution in [0, 0.1) is 13.8 Å². The van der Waals surface area contributed by atoms with Gasteiger partial charge in [0, 0.05) is 17.1 Å². The van der Waals surface area contributed by atoms with Crippen molar-refractivity contribution in [3.05, 3.63) is 65.4 Å². The second kappa shape index (κ2) is 6.79. The molecule has 1 heterocycles. The first kappa shape index (κ1) is 16.1. The van der Waals surface area contributed by atoms with E-state index in [-0.39, 0.29) is 5.97 Å². The third-order valence-electron chi connectivity index (χ3n) is 4.27. The zero-order chi connectivity index (χ0) is 17.1. The summed E-state index contributed by atoms with van der Waals surface area (Å²) in [6.07, 6.45) is 1.83. The zero-order valence-corrected chi connectivity index (χ0v) is 14.2.